The Labute approximate surface area is 254 Å². The van der Waals surface area contributed by atoms with Crippen LogP contribution >= 0.6 is 0 Å². The number of aldehydes is 2. The van der Waals surface area contributed by atoms with E-state index in [-0.39, 0.29) is 23.3 Å². The quantitative estimate of drug-likeness (QED) is 0.362. The topological polar surface area (TPSA) is 83.5 Å². The maximum absolute atomic E-state index is 16.3. The van der Waals surface area contributed by atoms with Crippen LogP contribution in [0.25, 0.3) is 11.1 Å². The van der Waals surface area contributed by atoms with Crippen LogP contribution < -0.4 is 15.8 Å². The number of hydrogen-bond donors (Lipinski definition) is 0. The van der Waals surface area contributed by atoms with E-state index in [2.05, 4.69) is 0 Å². The minimum absolute atomic E-state index is 0.120. The zero-order valence-electron chi connectivity index (χ0n) is 26.9. The lowest BCUT2D eigenvalue weighted by Crippen LogP contribution is -2.46. The highest BCUT2D eigenvalue weighted by molar-refractivity contribution is 6.63. The Balaban J connectivity index is 1.74. The number of nitrogens with zero attached hydrogens (tertiary/aromatic N) is 1. The molecule has 8 nitrogen and oxygen atoms in total. The molecule has 0 amide bonds. The fourth-order valence-corrected chi connectivity index (χ4v) is 5.87. The van der Waals surface area contributed by atoms with Crippen molar-refractivity contribution in [1.29, 1.82) is 0 Å². The van der Waals surface area contributed by atoms with Gasteiger partial charge in [0.2, 0.25) is 0 Å². The summed E-state index contributed by atoms with van der Waals surface area (Å²) in [5.74, 6) is -0.700. The summed E-state index contributed by atoms with van der Waals surface area (Å²) in [7, 11) is -1.62. The molecule has 2 unspecified atom stereocenters. The van der Waals surface area contributed by atoms with E-state index in [4.69, 9.17) is 23.4 Å². The molecule has 230 valence electrons. The Morgan fingerprint density at radius 1 is 0.698 bits per heavy atom. The van der Waals surface area contributed by atoms with Crippen LogP contribution in [0, 0.1) is 5.82 Å². The Morgan fingerprint density at radius 2 is 1.09 bits per heavy atom. The van der Waals surface area contributed by atoms with Crippen LogP contribution in [0.5, 0.6) is 0 Å². The highest BCUT2D eigenvalue weighted by Crippen LogP contribution is 2.41. The van der Waals surface area contributed by atoms with Gasteiger partial charge in [-0.3, -0.25) is 9.59 Å². The van der Waals surface area contributed by atoms with Crippen molar-refractivity contribution >= 4 is 43.4 Å². The minimum Gasteiger partial charge on any atom is -0.399 e. The number of carbonyl (C=O) groups excluding carboxylic acids is 2. The second-order valence-electron chi connectivity index (χ2n) is 14.1. The molecule has 0 aliphatic carbocycles. The first-order chi connectivity index (χ1) is 19.9. The van der Waals surface area contributed by atoms with Gasteiger partial charge in [-0.25, -0.2) is 4.39 Å². The second-order valence-corrected chi connectivity index (χ2v) is 14.1. The normalized spacial score (nSPS) is 25.7. The lowest BCUT2D eigenvalue weighted by atomic mass is 9.74. The molecule has 0 radical (unpaired) electrons. The van der Waals surface area contributed by atoms with Gasteiger partial charge < -0.3 is 28.3 Å². The van der Waals surface area contributed by atoms with Crippen LogP contribution in [0.1, 0.15) is 90.0 Å². The molecule has 3 heterocycles. The zero-order chi connectivity index (χ0) is 31.7. The van der Waals surface area contributed by atoms with E-state index >= 15 is 4.39 Å². The standard InChI is InChI=1S/C32H42B2FNO7/c1-19-15-36(16-20(2)39-19)28-22(18-38)12-24(34-42-31(7,8)32(9,10)43-34)14-26(28)25-13-23(11-21(17-37)27(25)35)33-40-29(3,4)30(5,6)41-33/h11-14,17-20H,15-16H2,1-10H3. The third-order valence-electron chi connectivity index (χ3n) is 9.62. The lowest BCUT2D eigenvalue weighted by Gasteiger charge is -2.38. The summed E-state index contributed by atoms with van der Waals surface area (Å²) in [5.41, 5.74) is -0.0878. The first kappa shape index (κ1) is 31.9. The van der Waals surface area contributed by atoms with E-state index in [1.165, 1.54) is 6.07 Å². The summed E-state index contributed by atoms with van der Waals surface area (Å²) in [4.78, 5) is 27.0. The summed E-state index contributed by atoms with van der Waals surface area (Å²) >= 11 is 0. The largest absolute Gasteiger partial charge is 0.494 e. The maximum atomic E-state index is 16.3. The second kappa shape index (κ2) is 10.8. The van der Waals surface area contributed by atoms with Crippen molar-refractivity contribution < 1.29 is 37.3 Å². The number of benzene rings is 2. The zero-order valence-corrected chi connectivity index (χ0v) is 26.9. The van der Waals surface area contributed by atoms with E-state index in [1.54, 1.807) is 18.2 Å². The molecule has 5 rings (SSSR count). The van der Waals surface area contributed by atoms with Gasteiger partial charge in [0.05, 0.1) is 45.9 Å². The van der Waals surface area contributed by atoms with Crippen LogP contribution in [-0.4, -0.2) is 74.5 Å². The van der Waals surface area contributed by atoms with Gasteiger partial charge in [-0.2, -0.15) is 0 Å². The van der Waals surface area contributed by atoms with Gasteiger partial charge in [0.25, 0.3) is 0 Å². The predicted octanol–water partition coefficient (Wildman–Crippen LogP) is 4.33. The molecule has 2 aromatic carbocycles. The van der Waals surface area contributed by atoms with Crippen molar-refractivity contribution in [3.8, 4) is 11.1 Å². The van der Waals surface area contributed by atoms with E-state index < -0.39 is 42.5 Å². The number of halogens is 1. The van der Waals surface area contributed by atoms with E-state index in [9.17, 15) is 9.59 Å². The highest BCUT2D eigenvalue weighted by Gasteiger charge is 2.53. The van der Waals surface area contributed by atoms with E-state index in [0.29, 0.717) is 47.1 Å². The summed E-state index contributed by atoms with van der Waals surface area (Å²) in [5, 5.41) is 0. The van der Waals surface area contributed by atoms with Gasteiger partial charge in [0, 0.05) is 29.8 Å². The predicted molar refractivity (Wildman–Crippen MR) is 166 cm³/mol. The number of carbonyl (C=O) groups is 2. The first-order valence-corrected chi connectivity index (χ1v) is 14.9. The summed E-state index contributed by atoms with van der Waals surface area (Å²) < 4.78 is 47.5. The smallest absolute Gasteiger partial charge is 0.399 e. The molecule has 2 atom stereocenters. The lowest BCUT2D eigenvalue weighted by molar-refractivity contribution is -0.00522. The van der Waals surface area contributed by atoms with Crippen molar-refractivity contribution in [2.24, 2.45) is 0 Å². The molecule has 0 aromatic heterocycles. The van der Waals surface area contributed by atoms with Gasteiger partial charge in [0.15, 0.2) is 12.6 Å². The fraction of sp³-hybridized carbons (Fsp3) is 0.562. The third kappa shape index (κ3) is 5.59. The highest BCUT2D eigenvalue weighted by atomic mass is 19.1. The van der Waals surface area contributed by atoms with Crippen molar-refractivity contribution in [2.45, 2.75) is 104 Å². The minimum atomic E-state index is -0.827. The fourth-order valence-electron chi connectivity index (χ4n) is 5.87. The molecular weight excluding hydrogens is 551 g/mol. The van der Waals surface area contributed by atoms with Crippen molar-refractivity contribution in [1.82, 2.24) is 0 Å². The van der Waals surface area contributed by atoms with Gasteiger partial charge in [-0.1, -0.05) is 12.1 Å². The molecule has 0 spiro atoms. The molecular formula is C32H42B2FNO7. The van der Waals surface area contributed by atoms with E-state index in [0.717, 1.165) is 6.29 Å². The molecule has 3 saturated heterocycles. The van der Waals surface area contributed by atoms with Crippen molar-refractivity contribution in [2.75, 3.05) is 18.0 Å². The van der Waals surface area contributed by atoms with E-state index in [1.807, 2.05) is 74.1 Å². The molecule has 11 heteroatoms. The van der Waals surface area contributed by atoms with Crippen molar-refractivity contribution in [3.05, 3.63) is 41.2 Å². The first-order valence-electron chi connectivity index (χ1n) is 14.9. The van der Waals surface area contributed by atoms with Crippen LogP contribution in [0.3, 0.4) is 0 Å². The average Bonchev–Trinajstić information content (AvgIpc) is 3.26. The van der Waals surface area contributed by atoms with Gasteiger partial charge >= 0.3 is 14.2 Å². The Bertz CT molecular complexity index is 1400. The molecule has 43 heavy (non-hydrogen) atoms. The molecule has 3 fully saturated rings. The SMILES string of the molecule is CC1CN(c2c(C=O)cc(B3OC(C)(C)C(C)(C)O3)cc2-c2cc(B3OC(C)(C)C(C)(C)O3)cc(C=O)c2F)CC(C)O1. The van der Waals surface area contributed by atoms with Gasteiger partial charge in [-0.15, -0.1) is 0 Å². The monoisotopic (exact) mass is 593 g/mol. The summed E-state index contributed by atoms with van der Waals surface area (Å²) in [6.45, 7) is 20.4. The Kier molecular flexibility index (Phi) is 8.00. The number of morpholine rings is 1. The molecule has 0 saturated carbocycles. The number of rotatable bonds is 6. The molecule has 0 bridgehead atoms. The van der Waals surface area contributed by atoms with Crippen LogP contribution in [0.4, 0.5) is 10.1 Å². The number of anilines is 1. The molecule has 3 aliphatic rings. The van der Waals surface area contributed by atoms with Crippen LogP contribution in [0.15, 0.2) is 24.3 Å². The molecule has 3 aliphatic heterocycles. The summed E-state index contributed by atoms with van der Waals surface area (Å²) in [6, 6.07) is 6.66. The molecule has 2 aromatic rings. The average molecular weight is 593 g/mol. The Hall–Kier alpha value is -2.56. The van der Waals surface area contributed by atoms with Crippen LogP contribution in [0.2, 0.25) is 0 Å². The molecule has 0 N–H and O–H groups in total. The maximum Gasteiger partial charge on any atom is 0.494 e. The van der Waals surface area contributed by atoms with Crippen molar-refractivity contribution in [3.63, 3.8) is 0 Å². The third-order valence-corrected chi connectivity index (χ3v) is 9.62. The van der Waals surface area contributed by atoms with Gasteiger partial charge in [0.1, 0.15) is 5.82 Å². The van der Waals surface area contributed by atoms with Gasteiger partial charge in [-0.05, 0) is 92.3 Å². The number of ether oxygens (including phenoxy) is 1. The summed E-state index contributed by atoms with van der Waals surface area (Å²) in [6.07, 6.45) is 1.02. The Morgan fingerprint density at radius 3 is 1.51 bits per heavy atom. The number of hydrogen-bond acceptors (Lipinski definition) is 8. The van der Waals surface area contributed by atoms with Crippen LogP contribution in [-0.2, 0) is 23.4 Å².